The number of carboxylic acid groups (broad SMARTS) is 1. The van der Waals surface area contributed by atoms with E-state index in [0.29, 0.717) is 12.3 Å². The van der Waals surface area contributed by atoms with Crippen molar-refractivity contribution < 1.29 is 9.90 Å². The molecule has 1 N–H and O–H groups in total. The van der Waals surface area contributed by atoms with Crippen LogP contribution in [0.15, 0.2) is 121 Å². The number of hydrogen-bond acceptors (Lipinski definition) is 1. The van der Waals surface area contributed by atoms with Gasteiger partial charge in [0.2, 0.25) is 0 Å². The molecule has 2 nitrogen and oxygen atoms in total. The molecule has 0 saturated heterocycles. The standard InChI is InChI=1S/C28H26O2P2/c29-28(30)23(21-31(24-13-5-1-6-14-24)25-15-7-2-8-16-25)22-32(26-17-9-3-10-18-26)27-19-11-4-12-20-27/h1-20,23H,21-22H2,(H,29,30). The molecule has 0 saturated carbocycles. The highest BCUT2D eigenvalue weighted by atomic mass is 31.1. The van der Waals surface area contributed by atoms with Crippen molar-refractivity contribution in [1.82, 2.24) is 0 Å². The van der Waals surface area contributed by atoms with Gasteiger partial charge in [0.1, 0.15) is 0 Å². The van der Waals surface area contributed by atoms with E-state index < -0.39 is 27.7 Å². The minimum absolute atomic E-state index is 0.423. The maximum absolute atomic E-state index is 12.5. The summed E-state index contributed by atoms with van der Waals surface area (Å²) in [5.74, 6) is -1.13. The molecule has 0 aliphatic rings. The van der Waals surface area contributed by atoms with Gasteiger partial charge in [0.15, 0.2) is 0 Å². The van der Waals surface area contributed by atoms with Gasteiger partial charge in [0.05, 0.1) is 5.92 Å². The predicted octanol–water partition coefficient (Wildman–Crippen LogP) is 4.95. The summed E-state index contributed by atoms with van der Waals surface area (Å²) in [4.78, 5) is 12.5. The first-order valence-corrected chi connectivity index (χ1v) is 13.8. The largest absolute Gasteiger partial charge is 0.481 e. The first-order valence-electron chi connectivity index (χ1n) is 10.7. The van der Waals surface area contributed by atoms with Gasteiger partial charge >= 0.3 is 5.97 Å². The zero-order chi connectivity index (χ0) is 22.2. The second-order valence-electron chi connectivity index (χ2n) is 7.60. The Labute approximate surface area is 192 Å². The first-order chi connectivity index (χ1) is 15.7. The minimum atomic E-state index is -0.762. The topological polar surface area (TPSA) is 37.3 Å². The molecule has 0 aliphatic heterocycles. The SMILES string of the molecule is O=C(O)C(CP(c1ccccc1)c1ccccc1)CP(c1ccccc1)c1ccccc1. The van der Waals surface area contributed by atoms with E-state index in [1.165, 1.54) is 21.2 Å². The number of benzene rings is 4. The quantitative estimate of drug-likeness (QED) is 0.362. The number of carbonyl (C=O) groups is 1. The van der Waals surface area contributed by atoms with Crippen molar-refractivity contribution in [1.29, 1.82) is 0 Å². The fraction of sp³-hybridized carbons (Fsp3) is 0.107. The van der Waals surface area contributed by atoms with E-state index in [1.807, 2.05) is 72.8 Å². The molecule has 0 atom stereocenters. The lowest BCUT2D eigenvalue weighted by molar-refractivity contribution is -0.140. The van der Waals surface area contributed by atoms with E-state index in [0.717, 1.165) is 0 Å². The highest BCUT2D eigenvalue weighted by Crippen LogP contribution is 2.42. The van der Waals surface area contributed by atoms with Crippen LogP contribution in [0.25, 0.3) is 0 Å². The third-order valence-corrected chi connectivity index (χ3v) is 10.7. The lowest BCUT2D eigenvalue weighted by Gasteiger charge is -2.26. The van der Waals surface area contributed by atoms with Crippen LogP contribution in [-0.2, 0) is 4.79 Å². The third kappa shape index (κ3) is 5.71. The fourth-order valence-electron chi connectivity index (χ4n) is 3.81. The zero-order valence-electron chi connectivity index (χ0n) is 17.8. The first kappa shape index (κ1) is 22.4. The molecule has 0 aromatic heterocycles. The van der Waals surface area contributed by atoms with Crippen LogP contribution in [0, 0.1) is 5.92 Å². The third-order valence-electron chi connectivity index (χ3n) is 5.43. The van der Waals surface area contributed by atoms with Crippen molar-refractivity contribution in [2.75, 3.05) is 12.3 Å². The number of aliphatic carboxylic acids is 1. The van der Waals surface area contributed by atoms with Gasteiger partial charge in [-0.2, -0.15) is 0 Å². The van der Waals surface area contributed by atoms with Crippen LogP contribution in [0.1, 0.15) is 0 Å². The Balaban J connectivity index is 1.67. The Hall–Kier alpha value is -2.79. The lowest BCUT2D eigenvalue weighted by Crippen LogP contribution is -2.28. The Morgan fingerprint density at radius 3 is 1.00 bits per heavy atom. The number of hydrogen-bond donors (Lipinski definition) is 1. The van der Waals surface area contributed by atoms with Gasteiger partial charge in [0.25, 0.3) is 0 Å². The molecule has 4 rings (SSSR count). The molecule has 0 unspecified atom stereocenters. The Morgan fingerprint density at radius 1 is 0.531 bits per heavy atom. The van der Waals surface area contributed by atoms with Crippen molar-refractivity contribution in [3.05, 3.63) is 121 Å². The van der Waals surface area contributed by atoms with Crippen molar-refractivity contribution >= 4 is 43.0 Å². The summed E-state index contributed by atoms with van der Waals surface area (Å²) in [6.45, 7) is 0. The van der Waals surface area contributed by atoms with Crippen LogP contribution in [0.2, 0.25) is 0 Å². The minimum Gasteiger partial charge on any atom is -0.481 e. The molecular weight excluding hydrogens is 430 g/mol. The van der Waals surface area contributed by atoms with Gasteiger partial charge in [-0.15, -0.1) is 0 Å². The van der Waals surface area contributed by atoms with E-state index >= 15 is 0 Å². The van der Waals surface area contributed by atoms with Crippen LogP contribution in [0.3, 0.4) is 0 Å². The van der Waals surface area contributed by atoms with E-state index in [4.69, 9.17) is 0 Å². The van der Waals surface area contributed by atoms with Crippen molar-refractivity contribution in [3.63, 3.8) is 0 Å². The highest BCUT2D eigenvalue weighted by Gasteiger charge is 2.28. The lowest BCUT2D eigenvalue weighted by atomic mass is 10.2. The van der Waals surface area contributed by atoms with Crippen molar-refractivity contribution in [2.45, 2.75) is 0 Å². The number of carboxylic acids is 1. The van der Waals surface area contributed by atoms with E-state index in [1.54, 1.807) is 0 Å². The summed E-state index contributed by atoms with van der Waals surface area (Å²) in [7, 11) is -1.52. The molecular formula is C28H26O2P2. The fourth-order valence-corrected chi connectivity index (χ4v) is 9.03. The summed E-state index contributed by atoms with van der Waals surface area (Å²) < 4.78 is 0. The van der Waals surface area contributed by atoms with E-state index in [2.05, 4.69) is 48.5 Å². The van der Waals surface area contributed by atoms with Gasteiger partial charge in [-0.3, -0.25) is 4.79 Å². The van der Waals surface area contributed by atoms with E-state index in [9.17, 15) is 9.90 Å². The van der Waals surface area contributed by atoms with Crippen LogP contribution in [0.4, 0.5) is 0 Å². The summed E-state index contributed by atoms with van der Waals surface area (Å²) in [5, 5.41) is 15.2. The summed E-state index contributed by atoms with van der Waals surface area (Å²) in [5.41, 5.74) is 0. The average Bonchev–Trinajstić information content (AvgIpc) is 2.86. The second-order valence-corrected chi connectivity index (χ2v) is 12.1. The zero-order valence-corrected chi connectivity index (χ0v) is 19.6. The summed E-state index contributed by atoms with van der Waals surface area (Å²) in [6.07, 6.45) is 1.27. The average molecular weight is 456 g/mol. The molecule has 4 aromatic carbocycles. The van der Waals surface area contributed by atoms with Gasteiger partial charge in [-0.05, 0) is 49.4 Å². The van der Waals surface area contributed by atoms with Gasteiger partial charge < -0.3 is 5.11 Å². The van der Waals surface area contributed by atoms with Gasteiger partial charge in [-0.25, -0.2) is 0 Å². The smallest absolute Gasteiger partial charge is 0.307 e. The van der Waals surface area contributed by atoms with Gasteiger partial charge in [-0.1, -0.05) is 121 Å². The van der Waals surface area contributed by atoms with Crippen molar-refractivity contribution in [2.24, 2.45) is 5.92 Å². The monoisotopic (exact) mass is 456 g/mol. The Morgan fingerprint density at radius 2 is 0.781 bits per heavy atom. The normalized spacial score (nSPS) is 11.2. The molecule has 0 bridgehead atoms. The Bertz CT molecular complexity index is 939. The molecule has 32 heavy (non-hydrogen) atoms. The van der Waals surface area contributed by atoms with Crippen LogP contribution >= 0.6 is 15.8 Å². The maximum atomic E-state index is 12.5. The molecule has 4 heteroatoms. The second kappa shape index (κ2) is 11.2. The molecule has 0 radical (unpaired) electrons. The molecule has 4 aromatic rings. The van der Waals surface area contributed by atoms with Crippen molar-refractivity contribution in [3.8, 4) is 0 Å². The molecule has 0 fully saturated rings. The summed E-state index contributed by atoms with van der Waals surface area (Å²) in [6, 6.07) is 41.5. The van der Waals surface area contributed by atoms with Gasteiger partial charge in [0, 0.05) is 0 Å². The molecule has 0 spiro atoms. The molecule has 160 valence electrons. The van der Waals surface area contributed by atoms with Crippen LogP contribution in [0.5, 0.6) is 0 Å². The van der Waals surface area contributed by atoms with Crippen LogP contribution < -0.4 is 21.2 Å². The number of rotatable bonds is 9. The highest BCUT2D eigenvalue weighted by molar-refractivity contribution is 7.74. The van der Waals surface area contributed by atoms with E-state index in [-0.39, 0.29) is 0 Å². The summed E-state index contributed by atoms with van der Waals surface area (Å²) >= 11 is 0. The predicted molar refractivity (Wildman–Crippen MR) is 139 cm³/mol. The van der Waals surface area contributed by atoms with Crippen LogP contribution in [-0.4, -0.2) is 23.4 Å². The molecule has 0 aliphatic carbocycles. The maximum Gasteiger partial charge on any atom is 0.307 e. The Kier molecular flexibility index (Phi) is 7.83. The molecule has 0 heterocycles. The molecule has 0 amide bonds.